The zero-order valence-corrected chi connectivity index (χ0v) is 10.0. The van der Waals surface area contributed by atoms with Gasteiger partial charge in [-0.25, -0.2) is 9.78 Å². The molecule has 2 rings (SSSR count). The van der Waals surface area contributed by atoms with E-state index >= 15 is 0 Å². The zero-order chi connectivity index (χ0) is 12.3. The van der Waals surface area contributed by atoms with E-state index in [0.29, 0.717) is 10.7 Å². The Morgan fingerprint density at radius 3 is 2.71 bits per heavy atom. The fraction of sp³-hybridized carbons (Fsp3) is 0.167. The summed E-state index contributed by atoms with van der Waals surface area (Å²) in [6, 6.07) is 9.51. The molecule has 1 N–H and O–H groups in total. The van der Waals surface area contributed by atoms with E-state index in [4.69, 9.17) is 9.84 Å². The summed E-state index contributed by atoms with van der Waals surface area (Å²) in [5.41, 5.74) is 1.39. The highest BCUT2D eigenvalue weighted by molar-refractivity contribution is 7.17. The van der Waals surface area contributed by atoms with Crippen LogP contribution in [0.4, 0.5) is 0 Å². The zero-order valence-electron chi connectivity index (χ0n) is 9.21. The largest absolute Gasteiger partial charge is 0.477 e. The van der Waals surface area contributed by atoms with Crippen molar-refractivity contribution in [3.05, 3.63) is 40.9 Å². The molecule has 0 saturated carbocycles. The van der Waals surface area contributed by atoms with E-state index in [1.807, 2.05) is 30.3 Å². The Labute approximate surface area is 103 Å². The number of hydrogen-bond donors (Lipinski definition) is 1. The maximum atomic E-state index is 11.1. The fourth-order valence-corrected chi connectivity index (χ4v) is 2.37. The molecule has 0 radical (unpaired) electrons. The number of nitrogens with zero attached hydrogens (tertiary/aromatic N) is 1. The molecule has 0 aliphatic heterocycles. The number of carbonyl (C=O) groups is 1. The SMILES string of the molecule is COCc1nc(-c2ccccc2)sc1C(=O)O. The lowest BCUT2D eigenvalue weighted by Crippen LogP contribution is -1.99. The Morgan fingerprint density at radius 2 is 2.12 bits per heavy atom. The van der Waals surface area contributed by atoms with Gasteiger partial charge < -0.3 is 9.84 Å². The standard InChI is InChI=1S/C12H11NO3S/c1-16-7-9-10(12(14)15)17-11(13-9)8-5-3-2-4-6-8/h2-6H,7H2,1H3,(H,14,15). The van der Waals surface area contributed by atoms with Gasteiger partial charge >= 0.3 is 5.97 Å². The summed E-state index contributed by atoms with van der Waals surface area (Å²) >= 11 is 1.17. The van der Waals surface area contributed by atoms with Gasteiger partial charge in [0.15, 0.2) is 0 Å². The number of carboxylic acids is 1. The summed E-state index contributed by atoms with van der Waals surface area (Å²) in [5.74, 6) is -0.961. The number of benzene rings is 1. The molecule has 0 fully saturated rings. The van der Waals surface area contributed by atoms with E-state index in [1.165, 1.54) is 18.4 Å². The Bertz CT molecular complexity index is 522. The van der Waals surface area contributed by atoms with Gasteiger partial charge in [-0.15, -0.1) is 11.3 Å². The predicted molar refractivity (Wildman–Crippen MR) is 65.2 cm³/mol. The van der Waals surface area contributed by atoms with Crippen LogP contribution in [0.2, 0.25) is 0 Å². The van der Waals surface area contributed by atoms with Crippen molar-refractivity contribution in [3.8, 4) is 10.6 Å². The van der Waals surface area contributed by atoms with Crippen LogP contribution in [-0.2, 0) is 11.3 Å². The molecule has 4 nitrogen and oxygen atoms in total. The number of ether oxygens (including phenoxy) is 1. The molecule has 0 bridgehead atoms. The molecule has 0 spiro atoms. The minimum atomic E-state index is -0.961. The first-order valence-corrected chi connectivity index (χ1v) is 5.81. The van der Waals surface area contributed by atoms with E-state index < -0.39 is 5.97 Å². The number of thiazole rings is 1. The lowest BCUT2D eigenvalue weighted by Gasteiger charge is -1.95. The Kier molecular flexibility index (Phi) is 3.51. The molecular weight excluding hydrogens is 238 g/mol. The first kappa shape index (κ1) is 11.8. The smallest absolute Gasteiger partial charge is 0.347 e. The number of rotatable bonds is 4. The second-order valence-corrected chi connectivity index (χ2v) is 4.40. The molecule has 0 saturated heterocycles. The average molecular weight is 249 g/mol. The maximum Gasteiger partial charge on any atom is 0.347 e. The average Bonchev–Trinajstić information content (AvgIpc) is 2.75. The summed E-state index contributed by atoms with van der Waals surface area (Å²) in [6.45, 7) is 0.213. The number of hydrogen-bond acceptors (Lipinski definition) is 4. The van der Waals surface area contributed by atoms with Gasteiger partial charge in [0.1, 0.15) is 9.88 Å². The molecule has 0 unspecified atom stereocenters. The number of aromatic nitrogens is 1. The van der Waals surface area contributed by atoms with Crippen LogP contribution in [0.15, 0.2) is 30.3 Å². The van der Waals surface area contributed by atoms with Crippen LogP contribution in [-0.4, -0.2) is 23.2 Å². The molecule has 0 aliphatic rings. The highest BCUT2D eigenvalue weighted by atomic mass is 32.1. The highest BCUT2D eigenvalue weighted by Gasteiger charge is 2.17. The Morgan fingerprint density at radius 1 is 1.41 bits per heavy atom. The van der Waals surface area contributed by atoms with Crippen molar-refractivity contribution in [3.63, 3.8) is 0 Å². The van der Waals surface area contributed by atoms with Crippen LogP contribution < -0.4 is 0 Å². The first-order chi connectivity index (χ1) is 8.22. The van der Waals surface area contributed by atoms with Crippen molar-refractivity contribution < 1.29 is 14.6 Å². The molecule has 1 aromatic carbocycles. The Balaban J connectivity index is 2.44. The maximum absolute atomic E-state index is 11.1. The summed E-state index contributed by atoms with van der Waals surface area (Å²) < 4.78 is 4.95. The molecule has 0 atom stereocenters. The second kappa shape index (κ2) is 5.07. The number of aromatic carboxylic acids is 1. The Hall–Kier alpha value is -1.72. The van der Waals surface area contributed by atoms with Gasteiger partial charge in [-0.2, -0.15) is 0 Å². The van der Waals surface area contributed by atoms with Gasteiger partial charge in [-0.1, -0.05) is 30.3 Å². The third kappa shape index (κ3) is 2.51. The molecule has 17 heavy (non-hydrogen) atoms. The normalized spacial score (nSPS) is 10.4. The van der Waals surface area contributed by atoms with Crippen molar-refractivity contribution in [2.24, 2.45) is 0 Å². The highest BCUT2D eigenvalue weighted by Crippen LogP contribution is 2.28. The summed E-state index contributed by atoms with van der Waals surface area (Å²) in [5, 5.41) is 9.77. The van der Waals surface area contributed by atoms with E-state index in [1.54, 1.807) is 0 Å². The van der Waals surface area contributed by atoms with Crippen LogP contribution in [0, 0.1) is 0 Å². The van der Waals surface area contributed by atoms with E-state index in [2.05, 4.69) is 4.98 Å². The van der Waals surface area contributed by atoms with Gasteiger partial charge in [0, 0.05) is 12.7 Å². The van der Waals surface area contributed by atoms with Crippen LogP contribution in [0.25, 0.3) is 10.6 Å². The van der Waals surface area contributed by atoms with Gasteiger partial charge in [-0.05, 0) is 0 Å². The lowest BCUT2D eigenvalue weighted by atomic mass is 10.2. The predicted octanol–water partition coefficient (Wildman–Crippen LogP) is 2.65. The van der Waals surface area contributed by atoms with Crippen LogP contribution >= 0.6 is 11.3 Å². The first-order valence-electron chi connectivity index (χ1n) is 4.99. The fourth-order valence-electron chi connectivity index (χ4n) is 1.46. The minimum Gasteiger partial charge on any atom is -0.477 e. The van der Waals surface area contributed by atoms with Crippen molar-refractivity contribution in [2.75, 3.05) is 7.11 Å². The van der Waals surface area contributed by atoms with Gasteiger partial charge in [0.05, 0.1) is 12.3 Å². The monoisotopic (exact) mass is 249 g/mol. The van der Waals surface area contributed by atoms with Crippen molar-refractivity contribution in [1.29, 1.82) is 0 Å². The van der Waals surface area contributed by atoms with Crippen LogP contribution in [0.3, 0.4) is 0 Å². The van der Waals surface area contributed by atoms with Crippen molar-refractivity contribution in [2.45, 2.75) is 6.61 Å². The molecule has 0 amide bonds. The molecule has 1 heterocycles. The third-order valence-corrected chi connectivity index (χ3v) is 3.33. The molecule has 0 aliphatic carbocycles. The quantitative estimate of drug-likeness (QED) is 0.905. The molecule has 88 valence electrons. The van der Waals surface area contributed by atoms with E-state index in [9.17, 15) is 4.79 Å². The number of methoxy groups -OCH3 is 1. The van der Waals surface area contributed by atoms with Crippen LogP contribution in [0.1, 0.15) is 15.4 Å². The molecule has 1 aromatic heterocycles. The van der Waals surface area contributed by atoms with Gasteiger partial charge in [0.25, 0.3) is 0 Å². The van der Waals surface area contributed by atoms with Crippen molar-refractivity contribution in [1.82, 2.24) is 4.98 Å². The van der Waals surface area contributed by atoms with Crippen LogP contribution in [0.5, 0.6) is 0 Å². The lowest BCUT2D eigenvalue weighted by molar-refractivity contribution is 0.0697. The molecule has 2 aromatic rings. The molecular formula is C12H11NO3S. The summed E-state index contributed by atoms with van der Waals surface area (Å²) in [7, 11) is 1.52. The van der Waals surface area contributed by atoms with E-state index in [-0.39, 0.29) is 11.5 Å². The van der Waals surface area contributed by atoms with Gasteiger partial charge in [0.2, 0.25) is 0 Å². The van der Waals surface area contributed by atoms with Crippen molar-refractivity contribution >= 4 is 17.3 Å². The van der Waals surface area contributed by atoms with E-state index in [0.717, 1.165) is 5.56 Å². The number of carboxylic acid groups (broad SMARTS) is 1. The van der Waals surface area contributed by atoms with Gasteiger partial charge in [-0.3, -0.25) is 0 Å². The molecule has 5 heteroatoms. The summed E-state index contributed by atoms with van der Waals surface area (Å²) in [4.78, 5) is 15.6. The summed E-state index contributed by atoms with van der Waals surface area (Å²) in [6.07, 6.45) is 0. The second-order valence-electron chi connectivity index (χ2n) is 3.40. The third-order valence-electron chi connectivity index (χ3n) is 2.19. The minimum absolute atomic E-state index is 0.213. The topological polar surface area (TPSA) is 59.4 Å².